The molecular weight excluding hydrogens is 250 g/mol. The van der Waals surface area contributed by atoms with Crippen LogP contribution in [-0.4, -0.2) is 34.6 Å². The van der Waals surface area contributed by atoms with Crippen LogP contribution in [0.3, 0.4) is 0 Å². The number of ketones is 1. The average molecular weight is 273 g/mol. The van der Waals surface area contributed by atoms with Crippen molar-refractivity contribution >= 4 is 5.78 Å². The van der Waals surface area contributed by atoms with Crippen LogP contribution in [-0.2, 0) is 13.5 Å². The molecular formula is C16H23N3O. The fourth-order valence-corrected chi connectivity index (χ4v) is 3.65. The van der Waals surface area contributed by atoms with Crippen molar-refractivity contribution < 1.29 is 4.79 Å². The summed E-state index contributed by atoms with van der Waals surface area (Å²) in [5.41, 5.74) is 4.04. The average Bonchev–Trinajstić information content (AvgIpc) is 2.99. The first kappa shape index (κ1) is 13.4. The van der Waals surface area contributed by atoms with Gasteiger partial charge in [0.05, 0.1) is 17.0 Å². The molecule has 4 nitrogen and oxygen atoms in total. The van der Waals surface area contributed by atoms with Crippen molar-refractivity contribution in [1.29, 1.82) is 0 Å². The normalized spacial score (nSPS) is 21.6. The zero-order chi connectivity index (χ0) is 14.3. The molecule has 0 N–H and O–H groups in total. The number of hydrogen-bond acceptors (Lipinski definition) is 3. The quantitative estimate of drug-likeness (QED) is 0.778. The predicted octanol–water partition coefficient (Wildman–Crippen LogP) is 2.65. The maximum absolute atomic E-state index is 12.8. The lowest BCUT2D eigenvalue weighted by Crippen LogP contribution is -2.18. The summed E-state index contributed by atoms with van der Waals surface area (Å²) in [6, 6.07) is 0. The molecule has 1 saturated carbocycles. The fraction of sp³-hybridized carbons (Fsp3) is 0.625. The molecule has 0 saturated heterocycles. The van der Waals surface area contributed by atoms with Gasteiger partial charge in [0.1, 0.15) is 0 Å². The number of Topliss-reactive ketones (excluding diaryl/α,β-unsaturated/α-hetero) is 1. The number of fused-ring (bicyclic) bond motifs is 1. The Kier molecular flexibility index (Phi) is 3.40. The van der Waals surface area contributed by atoms with Crippen molar-refractivity contribution in [3.63, 3.8) is 0 Å². The molecule has 1 fully saturated rings. The minimum atomic E-state index is 0.204. The lowest BCUT2D eigenvalue weighted by atomic mass is 9.87. The molecule has 0 aliphatic heterocycles. The number of allylic oxidation sites excluding steroid dienone is 1. The highest BCUT2D eigenvalue weighted by molar-refractivity contribution is 6.11. The van der Waals surface area contributed by atoms with Crippen molar-refractivity contribution in [3.05, 3.63) is 28.7 Å². The molecule has 0 bridgehead atoms. The van der Waals surface area contributed by atoms with E-state index in [1.54, 1.807) is 0 Å². The second-order valence-electron chi connectivity index (χ2n) is 6.26. The van der Waals surface area contributed by atoms with Crippen LogP contribution in [0.4, 0.5) is 0 Å². The van der Waals surface area contributed by atoms with Crippen LogP contribution in [0.5, 0.6) is 0 Å². The largest absolute Gasteiger partial charge is 0.383 e. The third kappa shape index (κ3) is 2.17. The van der Waals surface area contributed by atoms with Gasteiger partial charge in [0, 0.05) is 38.8 Å². The minimum absolute atomic E-state index is 0.204. The lowest BCUT2D eigenvalue weighted by Gasteiger charge is -2.18. The molecule has 0 amide bonds. The van der Waals surface area contributed by atoms with E-state index in [-0.39, 0.29) is 5.78 Å². The smallest absolute Gasteiger partial charge is 0.194 e. The first-order valence-electron chi connectivity index (χ1n) is 7.55. The highest BCUT2D eigenvalue weighted by Crippen LogP contribution is 2.39. The Hall–Kier alpha value is -1.58. The molecule has 1 aromatic rings. The van der Waals surface area contributed by atoms with Crippen LogP contribution in [0.25, 0.3) is 0 Å². The molecule has 0 spiro atoms. The van der Waals surface area contributed by atoms with Gasteiger partial charge < -0.3 is 4.90 Å². The van der Waals surface area contributed by atoms with Crippen LogP contribution < -0.4 is 0 Å². The summed E-state index contributed by atoms with van der Waals surface area (Å²) >= 11 is 0. The summed E-state index contributed by atoms with van der Waals surface area (Å²) in [6.07, 6.45) is 8.62. The molecule has 0 radical (unpaired) electrons. The van der Waals surface area contributed by atoms with E-state index >= 15 is 0 Å². The van der Waals surface area contributed by atoms with Crippen molar-refractivity contribution in [1.82, 2.24) is 14.7 Å². The van der Waals surface area contributed by atoms with E-state index in [0.29, 0.717) is 5.92 Å². The van der Waals surface area contributed by atoms with Crippen molar-refractivity contribution in [2.45, 2.75) is 44.4 Å². The van der Waals surface area contributed by atoms with Gasteiger partial charge in [-0.25, -0.2) is 0 Å². The van der Waals surface area contributed by atoms with Crippen molar-refractivity contribution in [3.8, 4) is 0 Å². The molecule has 3 rings (SSSR count). The molecule has 2 aliphatic rings. The fourth-order valence-electron chi connectivity index (χ4n) is 3.65. The van der Waals surface area contributed by atoms with Gasteiger partial charge in [-0.3, -0.25) is 9.48 Å². The van der Waals surface area contributed by atoms with E-state index in [1.165, 1.54) is 31.4 Å². The second-order valence-corrected chi connectivity index (χ2v) is 6.26. The molecule has 0 aromatic carbocycles. The summed E-state index contributed by atoms with van der Waals surface area (Å²) in [7, 11) is 5.93. The van der Waals surface area contributed by atoms with E-state index in [2.05, 4.69) is 5.10 Å². The standard InChI is InChI=1S/C16H23N3O/c1-18(2)10-12-8-9-13-14(16(12)20)15(19(3)17-13)11-6-4-5-7-11/h10-11H,4-9H2,1-3H3/b12-10+. The summed E-state index contributed by atoms with van der Waals surface area (Å²) in [5, 5.41) is 4.61. The Morgan fingerprint density at radius 1 is 1.25 bits per heavy atom. The molecule has 0 atom stereocenters. The van der Waals surface area contributed by atoms with Crippen molar-refractivity contribution in [2.24, 2.45) is 7.05 Å². The summed E-state index contributed by atoms with van der Waals surface area (Å²) in [4.78, 5) is 14.8. The van der Waals surface area contributed by atoms with E-state index in [0.717, 1.165) is 29.7 Å². The van der Waals surface area contributed by atoms with Gasteiger partial charge in [0.15, 0.2) is 5.78 Å². The van der Waals surface area contributed by atoms with E-state index < -0.39 is 0 Å². The Bertz CT molecular complexity index is 563. The number of aryl methyl sites for hydroxylation is 2. The zero-order valence-electron chi connectivity index (χ0n) is 12.6. The number of hydrogen-bond donors (Lipinski definition) is 0. The Labute approximate surface area is 120 Å². The van der Waals surface area contributed by atoms with Gasteiger partial charge in [0.25, 0.3) is 0 Å². The number of nitrogens with zero attached hydrogens (tertiary/aromatic N) is 3. The van der Waals surface area contributed by atoms with Gasteiger partial charge >= 0.3 is 0 Å². The van der Waals surface area contributed by atoms with Crippen molar-refractivity contribution in [2.75, 3.05) is 14.1 Å². The van der Waals surface area contributed by atoms with Gasteiger partial charge in [0.2, 0.25) is 0 Å². The molecule has 2 aliphatic carbocycles. The summed E-state index contributed by atoms with van der Waals surface area (Å²) < 4.78 is 1.97. The first-order valence-corrected chi connectivity index (χ1v) is 7.55. The van der Waals surface area contributed by atoms with Crippen LogP contribution in [0.1, 0.15) is 59.8 Å². The maximum Gasteiger partial charge on any atom is 0.194 e. The SMILES string of the molecule is CN(C)/C=C1\CCc2nn(C)c(C3CCCC3)c2C1=O. The van der Waals surface area contributed by atoms with Crippen LogP contribution in [0, 0.1) is 0 Å². The molecule has 1 heterocycles. The second kappa shape index (κ2) is 5.08. The topological polar surface area (TPSA) is 38.1 Å². The molecule has 0 unspecified atom stereocenters. The highest BCUT2D eigenvalue weighted by Gasteiger charge is 2.33. The molecule has 20 heavy (non-hydrogen) atoms. The molecule has 4 heteroatoms. The zero-order valence-corrected chi connectivity index (χ0v) is 12.6. The third-order valence-corrected chi connectivity index (χ3v) is 4.47. The summed E-state index contributed by atoms with van der Waals surface area (Å²) in [6.45, 7) is 0. The maximum atomic E-state index is 12.8. The van der Waals surface area contributed by atoms with E-state index in [9.17, 15) is 4.79 Å². The number of aromatic nitrogens is 2. The lowest BCUT2D eigenvalue weighted by molar-refractivity contribution is 0.102. The van der Waals surface area contributed by atoms with E-state index in [4.69, 9.17) is 0 Å². The van der Waals surface area contributed by atoms with Crippen LogP contribution in [0.15, 0.2) is 11.8 Å². The minimum Gasteiger partial charge on any atom is -0.383 e. The number of rotatable bonds is 2. The Morgan fingerprint density at radius 2 is 1.95 bits per heavy atom. The molecule has 1 aromatic heterocycles. The Morgan fingerprint density at radius 3 is 2.60 bits per heavy atom. The third-order valence-electron chi connectivity index (χ3n) is 4.47. The Balaban J connectivity index is 2.04. The summed E-state index contributed by atoms with van der Waals surface area (Å²) in [5.74, 6) is 0.730. The van der Waals surface area contributed by atoms with Gasteiger partial charge in [-0.15, -0.1) is 0 Å². The number of carbonyl (C=O) groups is 1. The van der Waals surface area contributed by atoms with Crippen LogP contribution >= 0.6 is 0 Å². The number of carbonyl (C=O) groups excluding carboxylic acids is 1. The van der Waals surface area contributed by atoms with E-state index in [1.807, 2.05) is 36.9 Å². The monoisotopic (exact) mass is 273 g/mol. The van der Waals surface area contributed by atoms with Gasteiger partial charge in [-0.05, 0) is 25.7 Å². The van der Waals surface area contributed by atoms with Crippen LogP contribution in [0.2, 0.25) is 0 Å². The molecule has 108 valence electrons. The highest BCUT2D eigenvalue weighted by atomic mass is 16.1. The first-order chi connectivity index (χ1) is 9.58. The van der Waals surface area contributed by atoms with Gasteiger partial charge in [-0.2, -0.15) is 5.10 Å². The predicted molar refractivity (Wildman–Crippen MR) is 78.8 cm³/mol. The van der Waals surface area contributed by atoms with Gasteiger partial charge in [-0.1, -0.05) is 12.8 Å².